The lowest BCUT2D eigenvalue weighted by Gasteiger charge is -2.28. The lowest BCUT2D eigenvalue weighted by molar-refractivity contribution is -0.142. The average molecular weight is 493 g/mol. The van der Waals surface area contributed by atoms with Crippen molar-refractivity contribution >= 4 is 5.97 Å². The largest absolute Gasteiger partial charge is 0.480 e. The first-order valence-electron chi connectivity index (χ1n) is 12.8. The Hall–Kier alpha value is -3.00. The smallest absolute Gasteiger partial charge is 0.329 e. The molecule has 1 fully saturated rings. The molecule has 1 aliphatic carbocycles. The fourth-order valence-electron chi connectivity index (χ4n) is 5.15. The van der Waals surface area contributed by atoms with Crippen LogP contribution in [0.1, 0.15) is 37.8 Å². The standard InChI is InChI=1S/C29H36N2O5/c32-18-25(33)15-16-26-28(23-7-3-1-4-8-23)29(24-9-5-2-6-10-24)31(30-26)17-21-11-13-22(14-12-21)19-36-20-27(34)35/h1-10,21-22,25,32-33H,11-20H2,(H,34,35)/t21-,22-,25-/m0/s1. The number of carboxylic acids is 1. The van der Waals surface area contributed by atoms with Crippen LogP contribution in [-0.2, 0) is 22.5 Å². The fraction of sp³-hybridized carbons (Fsp3) is 0.448. The SMILES string of the molecule is O=C(O)COC[C@H]1CC[C@H](Cn2nc(CC[C@H](O)CO)c(-c3ccccc3)c2-c2ccccc2)CC1. The highest BCUT2D eigenvalue weighted by molar-refractivity contribution is 5.83. The number of carboxylic acid groups (broad SMARTS) is 1. The molecule has 7 nitrogen and oxygen atoms in total. The van der Waals surface area contributed by atoms with Gasteiger partial charge in [-0.3, -0.25) is 4.68 Å². The summed E-state index contributed by atoms with van der Waals surface area (Å²) < 4.78 is 7.48. The van der Waals surface area contributed by atoms with Crippen LogP contribution in [0.15, 0.2) is 60.7 Å². The molecule has 1 atom stereocenters. The second-order valence-electron chi connectivity index (χ2n) is 9.76. The first-order chi connectivity index (χ1) is 17.5. The predicted octanol–water partition coefficient (Wildman–Crippen LogP) is 4.41. The Labute approximate surface area is 212 Å². The van der Waals surface area contributed by atoms with Crippen molar-refractivity contribution in [1.29, 1.82) is 0 Å². The van der Waals surface area contributed by atoms with Crippen molar-refractivity contribution in [1.82, 2.24) is 9.78 Å². The van der Waals surface area contributed by atoms with Crippen LogP contribution in [0.2, 0.25) is 0 Å². The van der Waals surface area contributed by atoms with E-state index in [0.717, 1.165) is 60.3 Å². The summed E-state index contributed by atoms with van der Waals surface area (Å²) in [6.07, 6.45) is 4.40. The molecule has 0 aliphatic heterocycles. The number of aryl methyl sites for hydroxylation is 1. The van der Waals surface area contributed by atoms with E-state index in [2.05, 4.69) is 28.9 Å². The van der Waals surface area contributed by atoms with Gasteiger partial charge in [-0.05, 0) is 55.9 Å². The summed E-state index contributed by atoms with van der Waals surface area (Å²) in [6, 6.07) is 20.6. The molecule has 36 heavy (non-hydrogen) atoms. The average Bonchev–Trinajstić information content (AvgIpc) is 3.27. The van der Waals surface area contributed by atoms with Crippen LogP contribution in [0.4, 0.5) is 0 Å². The number of hydrogen-bond donors (Lipinski definition) is 3. The summed E-state index contributed by atoms with van der Waals surface area (Å²) >= 11 is 0. The second-order valence-corrected chi connectivity index (χ2v) is 9.76. The molecule has 2 aromatic carbocycles. The highest BCUT2D eigenvalue weighted by Gasteiger charge is 2.26. The van der Waals surface area contributed by atoms with Gasteiger partial charge in [0.1, 0.15) is 6.61 Å². The van der Waals surface area contributed by atoms with E-state index in [0.29, 0.717) is 31.3 Å². The van der Waals surface area contributed by atoms with E-state index in [1.165, 1.54) is 0 Å². The number of aliphatic hydroxyl groups excluding tert-OH is 2. The van der Waals surface area contributed by atoms with Crippen molar-refractivity contribution in [2.75, 3.05) is 19.8 Å². The Balaban J connectivity index is 1.60. The van der Waals surface area contributed by atoms with Crippen LogP contribution in [-0.4, -0.2) is 57.0 Å². The summed E-state index contributed by atoms with van der Waals surface area (Å²) in [6.45, 7) is 0.816. The van der Waals surface area contributed by atoms with Crippen molar-refractivity contribution in [3.63, 3.8) is 0 Å². The van der Waals surface area contributed by atoms with Gasteiger partial charge in [0.05, 0.1) is 30.7 Å². The van der Waals surface area contributed by atoms with Crippen LogP contribution in [0.5, 0.6) is 0 Å². The van der Waals surface area contributed by atoms with E-state index < -0.39 is 12.1 Å². The molecule has 7 heteroatoms. The number of hydrogen-bond acceptors (Lipinski definition) is 5. The number of benzene rings is 2. The second kappa shape index (κ2) is 12.8. The third-order valence-corrected chi connectivity index (χ3v) is 7.04. The predicted molar refractivity (Wildman–Crippen MR) is 138 cm³/mol. The van der Waals surface area contributed by atoms with Gasteiger partial charge in [-0.1, -0.05) is 60.7 Å². The van der Waals surface area contributed by atoms with Crippen molar-refractivity contribution < 1.29 is 24.9 Å². The monoisotopic (exact) mass is 492 g/mol. The number of nitrogens with zero attached hydrogens (tertiary/aromatic N) is 2. The Kier molecular flexibility index (Phi) is 9.28. The lowest BCUT2D eigenvalue weighted by atomic mass is 9.82. The van der Waals surface area contributed by atoms with Crippen LogP contribution < -0.4 is 0 Å². The first kappa shape index (κ1) is 26.1. The molecule has 0 spiro atoms. The molecule has 0 amide bonds. The van der Waals surface area contributed by atoms with E-state index in [4.69, 9.17) is 14.9 Å². The zero-order valence-corrected chi connectivity index (χ0v) is 20.6. The normalized spacial score (nSPS) is 18.7. The minimum Gasteiger partial charge on any atom is -0.480 e. The van der Waals surface area contributed by atoms with Gasteiger partial charge in [-0.2, -0.15) is 5.10 Å². The molecular weight excluding hydrogens is 456 g/mol. The number of aliphatic carboxylic acids is 1. The van der Waals surface area contributed by atoms with Gasteiger partial charge in [-0.15, -0.1) is 0 Å². The summed E-state index contributed by atoms with van der Waals surface area (Å²) in [5.74, 6) is -0.0443. The van der Waals surface area contributed by atoms with Gasteiger partial charge >= 0.3 is 5.97 Å². The van der Waals surface area contributed by atoms with Crippen LogP contribution >= 0.6 is 0 Å². The van der Waals surface area contributed by atoms with Crippen LogP contribution in [0.3, 0.4) is 0 Å². The first-order valence-corrected chi connectivity index (χ1v) is 12.8. The molecule has 3 aromatic rings. The van der Waals surface area contributed by atoms with Crippen LogP contribution in [0, 0.1) is 11.8 Å². The zero-order valence-electron chi connectivity index (χ0n) is 20.6. The van der Waals surface area contributed by atoms with E-state index in [1.807, 2.05) is 36.4 Å². The fourth-order valence-corrected chi connectivity index (χ4v) is 5.15. The van der Waals surface area contributed by atoms with Gasteiger partial charge < -0.3 is 20.1 Å². The summed E-state index contributed by atoms with van der Waals surface area (Å²) in [5, 5.41) is 33.2. The minimum atomic E-state index is -0.924. The summed E-state index contributed by atoms with van der Waals surface area (Å²) in [7, 11) is 0. The van der Waals surface area contributed by atoms with Crippen molar-refractivity contribution in [2.45, 2.75) is 51.2 Å². The zero-order chi connectivity index (χ0) is 25.3. The van der Waals surface area contributed by atoms with E-state index in [1.54, 1.807) is 0 Å². The van der Waals surface area contributed by atoms with Gasteiger partial charge in [0, 0.05) is 17.7 Å². The number of aromatic nitrogens is 2. The lowest BCUT2D eigenvalue weighted by Crippen LogP contribution is -2.23. The van der Waals surface area contributed by atoms with E-state index in [-0.39, 0.29) is 13.2 Å². The third kappa shape index (κ3) is 6.81. The summed E-state index contributed by atoms with van der Waals surface area (Å²) in [4.78, 5) is 10.7. The number of carbonyl (C=O) groups is 1. The molecule has 3 N–H and O–H groups in total. The van der Waals surface area contributed by atoms with Gasteiger partial charge in [0.15, 0.2) is 0 Å². The van der Waals surface area contributed by atoms with E-state index >= 15 is 0 Å². The van der Waals surface area contributed by atoms with Gasteiger partial charge in [-0.25, -0.2) is 4.79 Å². The van der Waals surface area contributed by atoms with Crippen LogP contribution in [0.25, 0.3) is 22.4 Å². The van der Waals surface area contributed by atoms with Crippen molar-refractivity contribution in [3.05, 3.63) is 66.4 Å². The Morgan fingerprint density at radius 3 is 2.19 bits per heavy atom. The highest BCUT2D eigenvalue weighted by Crippen LogP contribution is 2.38. The number of aliphatic hydroxyl groups is 2. The third-order valence-electron chi connectivity index (χ3n) is 7.04. The quantitative estimate of drug-likeness (QED) is 0.346. The Bertz CT molecular complexity index is 1090. The molecule has 0 saturated heterocycles. The van der Waals surface area contributed by atoms with E-state index in [9.17, 15) is 15.0 Å². The highest BCUT2D eigenvalue weighted by atomic mass is 16.5. The molecule has 4 rings (SSSR count). The Morgan fingerprint density at radius 2 is 1.58 bits per heavy atom. The Morgan fingerprint density at radius 1 is 0.972 bits per heavy atom. The maximum atomic E-state index is 10.7. The molecule has 192 valence electrons. The van der Waals surface area contributed by atoms with Gasteiger partial charge in [0.25, 0.3) is 0 Å². The molecule has 0 unspecified atom stereocenters. The van der Waals surface area contributed by atoms with Gasteiger partial charge in [0.2, 0.25) is 0 Å². The number of rotatable bonds is 12. The van der Waals surface area contributed by atoms with Crippen molar-refractivity contribution in [3.8, 4) is 22.4 Å². The maximum Gasteiger partial charge on any atom is 0.329 e. The maximum absolute atomic E-state index is 10.7. The molecule has 1 saturated carbocycles. The molecule has 0 radical (unpaired) electrons. The topological polar surface area (TPSA) is 105 Å². The minimum absolute atomic E-state index is 0.232. The molecular formula is C29H36N2O5. The van der Waals surface area contributed by atoms with Crippen molar-refractivity contribution in [2.24, 2.45) is 11.8 Å². The number of ether oxygens (including phenoxy) is 1. The summed E-state index contributed by atoms with van der Waals surface area (Å²) in [5.41, 5.74) is 5.30. The molecule has 1 aliphatic rings. The molecule has 1 heterocycles. The molecule has 0 bridgehead atoms. The molecule has 1 aromatic heterocycles.